The fraction of sp³-hybridized carbons (Fsp3) is 0.292. The molecule has 0 spiro atoms. The minimum absolute atomic E-state index is 0.117. The van der Waals surface area contributed by atoms with Gasteiger partial charge in [-0.1, -0.05) is 11.6 Å². The van der Waals surface area contributed by atoms with Gasteiger partial charge in [0.2, 0.25) is 5.95 Å². The number of anilines is 1. The molecule has 182 valence electrons. The number of hydrogen-bond acceptors (Lipinski definition) is 5. The molecular weight excluding hydrogens is 484 g/mol. The van der Waals surface area contributed by atoms with Crippen LogP contribution in [0.15, 0.2) is 48.8 Å². The molecule has 11 heteroatoms. The molecule has 0 bridgehead atoms. The topological polar surface area (TPSA) is 58.4 Å². The average Bonchev–Trinajstić information content (AvgIpc) is 3.48. The molecular formula is C24H21ClF4N6. The van der Waals surface area contributed by atoms with Gasteiger partial charge in [0.05, 0.1) is 27.4 Å². The molecule has 0 amide bonds. The van der Waals surface area contributed by atoms with Gasteiger partial charge in [-0.2, -0.15) is 18.3 Å². The first-order valence-corrected chi connectivity index (χ1v) is 11.5. The van der Waals surface area contributed by atoms with Crippen molar-refractivity contribution in [3.8, 4) is 22.5 Å². The normalized spacial score (nSPS) is 14.7. The van der Waals surface area contributed by atoms with Crippen molar-refractivity contribution >= 4 is 23.1 Å². The number of likely N-dealkylation sites (tertiary alicyclic amines) is 1. The smallest absolute Gasteiger partial charge is 0.353 e. The van der Waals surface area contributed by atoms with Crippen LogP contribution in [-0.2, 0) is 6.18 Å². The van der Waals surface area contributed by atoms with Crippen molar-refractivity contribution in [1.29, 1.82) is 0 Å². The van der Waals surface area contributed by atoms with Crippen molar-refractivity contribution in [3.63, 3.8) is 0 Å². The van der Waals surface area contributed by atoms with Gasteiger partial charge in [-0.05, 0) is 62.3 Å². The second-order valence-electron chi connectivity index (χ2n) is 8.34. The molecule has 1 fully saturated rings. The zero-order valence-corrected chi connectivity index (χ0v) is 19.2. The molecule has 1 aromatic carbocycles. The number of hydrogen-bond donors (Lipinski definition) is 1. The molecule has 1 N–H and O–H groups in total. The van der Waals surface area contributed by atoms with Gasteiger partial charge >= 0.3 is 6.18 Å². The van der Waals surface area contributed by atoms with Crippen LogP contribution in [0.5, 0.6) is 0 Å². The van der Waals surface area contributed by atoms with Gasteiger partial charge in [0.25, 0.3) is 0 Å². The lowest BCUT2D eigenvalue weighted by molar-refractivity contribution is -0.137. The van der Waals surface area contributed by atoms with Gasteiger partial charge in [-0.15, -0.1) is 0 Å². The molecule has 3 aromatic heterocycles. The maximum atomic E-state index is 13.8. The van der Waals surface area contributed by atoms with E-state index in [-0.39, 0.29) is 5.02 Å². The fourth-order valence-electron chi connectivity index (χ4n) is 4.23. The molecule has 1 saturated heterocycles. The molecule has 6 nitrogen and oxygen atoms in total. The third-order valence-corrected chi connectivity index (χ3v) is 6.26. The lowest BCUT2D eigenvalue weighted by atomic mass is 10.0. The quantitative estimate of drug-likeness (QED) is 0.337. The van der Waals surface area contributed by atoms with Crippen LogP contribution >= 0.6 is 11.6 Å². The second-order valence-corrected chi connectivity index (χ2v) is 8.75. The average molecular weight is 505 g/mol. The van der Waals surface area contributed by atoms with Crippen molar-refractivity contribution in [2.75, 3.05) is 31.5 Å². The summed E-state index contributed by atoms with van der Waals surface area (Å²) in [7, 11) is 0. The summed E-state index contributed by atoms with van der Waals surface area (Å²) in [6.45, 7) is 3.68. The zero-order chi connectivity index (χ0) is 24.6. The van der Waals surface area contributed by atoms with Crippen LogP contribution in [0.2, 0.25) is 5.02 Å². The van der Waals surface area contributed by atoms with Crippen LogP contribution in [0.4, 0.5) is 23.5 Å². The van der Waals surface area contributed by atoms with E-state index in [1.54, 1.807) is 12.3 Å². The number of aromatic nitrogens is 4. The Hall–Kier alpha value is -3.24. The van der Waals surface area contributed by atoms with Crippen LogP contribution in [0.1, 0.15) is 18.4 Å². The highest BCUT2D eigenvalue weighted by Crippen LogP contribution is 2.37. The zero-order valence-electron chi connectivity index (χ0n) is 18.5. The molecule has 0 radical (unpaired) electrons. The third-order valence-electron chi connectivity index (χ3n) is 5.97. The van der Waals surface area contributed by atoms with E-state index in [4.69, 9.17) is 11.6 Å². The Morgan fingerprint density at radius 3 is 2.60 bits per heavy atom. The Morgan fingerprint density at radius 1 is 1.06 bits per heavy atom. The molecule has 0 saturated carbocycles. The van der Waals surface area contributed by atoms with Crippen LogP contribution in [0.3, 0.4) is 0 Å². The summed E-state index contributed by atoms with van der Waals surface area (Å²) in [6, 6.07) is 8.07. The molecule has 4 aromatic rings. The highest BCUT2D eigenvalue weighted by molar-refractivity contribution is 6.31. The summed E-state index contributed by atoms with van der Waals surface area (Å²) in [5.41, 5.74) is 1.31. The molecule has 4 heterocycles. The van der Waals surface area contributed by atoms with E-state index < -0.39 is 17.6 Å². The highest BCUT2D eigenvalue weighted by atomic mass is 35.5. The van der Waals surface area contributed by atoms with Crippen molar-refractivity contribution in [2.24, 2.45) is 0 Å². The van der Waals surface area contributed by atoms with E-state index in [1.165, 1.54) is 37.1 Å². The van der Waals surface area contributed by atoms with Gasteiger partial charge in [-0.3, -0.25) is 0 Å². The predicted molar refractivity (Wildman–Crippen MR) is 126 cm³/mol. The standard InChI is InChI=1S/C24H21ClF4N6/c25-17-13-15(3-5-18(17)26)22-21(20-6-4-16(24(27,28)29)14-35(20)33-22)19-7-8-30-23(32-19)31-9-12-34-10-1-2-11-34/h3-8,13-14H,1-2,9-12H2,(H,30,31,32). The summed E-state index contributed by atoms with van der Waals surface area (Å²) >= 11 is 5.98. The Kier molecular flexibility index (Phi) is 6.33. The van der Waals surface area contributed by atoms with E-state index in [0.29, 0.717) is 40.5 Å². The molecule has 0 unspecified atom stereocenters. The monoisotopic (exact) mass is 504 g/mol. The third kappa shape index (κ3) is 4.94. The number of pyridine rings is 1. The van der Waals surface area contributed by atoms with Crippen LogP contribution in [0.25, 0.3) is 28.0 Å². The first-order valence-electron chi connectivity index (χ1n) is 11.1. The van der Waals surface area contributed by atoms with Gasteiger partial charge in [0.15, 0.2) is 0 Å². The second kappa shape index (κ2) is 9.43. The molecule has 0 aliphatic carbocycles. The Balaban J connectivity index is 1.56. The summed E-state index contributed by atoms with van der Waals surface area (Å²) in [6.07, 6.45) is 0.375. The first kappa shape index (κ1) is 23.5. The SMILES string of the molecule is Fc1ccc(-c2nn3cc(C(F)(F)F)ccc3c2-c2ccnc(NCCN3CCCC3)n2)cc1Cl. The Bertz CT molecular complexity index is 1360. The summed E-state index contributed by atoms with van der Waals surface area (Å²) in [5.74, 6) is -0.206. The molecule has 0 atom stereocenters. The number of nitrogens with one attached hydrogen (secondary N) is 1. The largest absolute Gasteiger partial charge is 0.417 e. The number of nitrogens with zero attached hydrogens (tertiary/aromatic N) is 5. The maximum absolute atomic E-state index is 13.8. The van der Waals surface area contributed by atoms with Crippen molar-refractivity contribution < 1.29 is 17.6 Å². The van der Waals surface area contributed by atoms with Crippen LogP contribution in [-0.4, -0.2) is 50.7 Å². The van der Waals surface area contributed by atoms with Crippen molar-refractivity contribution in [1.82, 2.24) is 24.5 Å². The minimum Gasteiger partial charge on any atom is -0.353 e. The number of halogens is 5. The number of alkyl halides is 3. The summed E-state index contributed by atoms with van der Waals surface area (Å²) in [4.78, 5) is 11.2. The number of benzene rings is 1. The number of rotatable bonds is 6. The fourth-order valence-corrected chi connectivity index (χ4v) is 4.41. The van der Waals surface area contributed by atoms with Gasteiger partial charge in [0, 0.05) is 31.0 Å². The van der Waals surface area contributed by atoms with Crippen LogP contribution < -0.4 is 5.32 Å². The van der Waals surface area contributed by atoms with Crippen molar-refractivity contribution in [2.45, 2.75) is 19.0 Å². The molecule has 5 rings (SSSR count). The first-order chi connectivity index (χ1) is 16.8. The van der Waals surface area contributed by atoms with Gasteiger partial charge in [0.1, 0.15) is 11.5 Å². The highest BCUT2D eigenvalue weighted by Gasteiger charge is 2.31. The van der Waals surface area contributed by atoms with E-state index >= 15 is 0 Å². The van der Waals surface area contributed by atoms with Gasteiger partial charge in [-0.25, -0.2) is 18.9 Å². The lowest BCUT2D eigenvalue weighted by Gasteiger charge is -2.14. The predicted octanol–water partition coefficient (Wildman–Crippen LogP) is 5.78. The molecule has 35 heavy (non-hydrogen) atoms. The van der Waals surface area contributed by atoms with Gasteiger partial charge < -0.3 is 10.2 Å². The van der Waals surface area contributed by atoms with E-state index in [0.717, 1.165) is 36.4 Å². The molecule has 1 aliphatic heterocycles. The maximum Gasteiger partial charge on any atom is 0.417 e. The number of fused-ring (bicyclic) bond motifs is 1. The molecule has 1 aliphatic rings. The Labute approximate surface area is 203 Å². The van der Waals surface area contributed by atoms with E-state index in [2.05, 4.69) is 25.3 Å². The van der Waals surface area contributed by atoms with Crippen molar-refractivity contribution in [3.05, 3.63) is 65.2 Å². The van der Waals surface area contributed by atoms with E-state index in [1.807, 2.05) is 0 Å². The summed E-state index contributed by atoms with van der Waals surface area (Å²) in [5, 5.41) is 7.50. The Morgan fingerprint density at radius 2 is 1.86 bits per heavy atom. The van der Waals surface area contributed by atoms with Crippen LogP contribution in [0, 0.1) is 5.82 Å². The summed E-state index contributed by atoms with van der Waals surface area (Å²) < 4.78 is 54.9. The minimum atomic E-state index is -4.53. The lowest BCUT2D eigenvalue weighted by Crippen LogP contribution is -2.26. The van der Waals surface area contributed by atoms with E-state index in [9.17, 15) is 17.6 Å².